The van der Waals surface area contributed by atoms with Gasteiger partial charge in [0, 0.05) is 20.1 Å². The standard InChI is InChI=1S/C9H18N2O/c1-8(10-4)11-5-6-12-9(2,3)7-11/h10H,1,5-7H2,2-4H3. The monoisotopic (exact) mass is 170 g/mol. The minimum Gasteiger partial charge on any atom is -0.375 e. The first kappa shape index (κ1) is 9.39. The van der Waals surface area contributed by atoms with Gasteiger partial charge in [-0.05, 0) is 13.8 Å². The smallest absolute Gasteiger partial charge is 0.0937 e. The topological polar surface area (TPSA) is 24.5 Å². The lowest BCUT2D eigenvalue weighted by molar-refractivity contribution is -0.0779. The van der Waals surface area contributed by atoms with Crippen LogP contribution >= 0.6 is 0 Å². The Hall–Kier alpha value is -0.700. The molecule has 0 aliphatic carbocycles. The van der Waals surface area contributed by atoms with E-state index in [1.807, 2.05) is 7.05 Å². The number of hydrogen-bond acceptors (Lipinski definition) is 3. The summed E-state index contributed by atoms with van der Waals surface area (Å²) in [5, 5.41) is 3.05. The molecule has 1 aliphatic rings. The molecule has 0 aromatic carbocycles. The molecule has 3 heteroatoms. The summed E-state index contributed by atoms with van der Waals surface area (Å²) < 4.78 is 5.58. The Bertz CT molecular complexity index is 177. The molecule has 1 saturated heterocycles. The summed E-state index contributed by atoms with van der Waals surface area (Å²) in [7, 11) is 1.89. The lowest BCUT2D eigenvalue weighted by atomic mass is 10.1. The third-order valence-electron chi connectivity index (χ3n) is 2.10. The van der Waals surface area contributed by atoms with E-state index >= 15 is 0 Å². The van der Waals surface area contributed by atoms with E-state index in [9.17, 15) is 0 Å². The Morgan fingerprint density at radius 3 is 2.75 bits per heavy atom. The number of ether oxygens (including phenoxy) is 1. The van der Waals surface area contributed by atoms with Gasteiger partial charge in [0.15, 0.2) is 0 Å². The summed E-state index contributed by atoms with van der Waals surface area (Å²) >= 11 is 0. The molecule has 12 heavy (non-hydrogen) atoms. The van der Waals surface area contributed by atoms with Crippen molar-refractivity contribution in [1.82, 2.24) is 10.2 Å². The SMILES string of the molecule is C=C(NC)N1CCOC(C)(C)C1. The van der Waals surface area contributed by atoms with E-state index in [1.54, 1.807) is 0 Å². The molecule has 0 amide bonds. The van der Waals surface area contributed by atoms with Gasteiger partial charge in [-0.1, -0.05) is 6.58 Å². The van der Waals surface area contributed by atoms with Crippen molar-refractivity contribution in [3.05, 3.63) is 12.4 Å². The summed E-state index contributed by atoms with van der Waals surface area (Å²) in [6, 6.07) is 0. The molecule has 1 rings (SSSR count). The van der Waals surface area contributed by atoms with Crippen LogP contribution in [0.2, 0.25) is 0 Å². The van der Waals surface area contributed by atoms with Crippen molar-refractivity contribution in [1.29, 1.82) is 0 Å². The van der Waals surface area contributed by atoms with Gasteiger partial charge in [-0.3, -0.25) is 0 Å². The van der Waals surface area contributed by atoms with E-state index < -0.39 is 0 Å². The van der Waals surface area contributed by atoms with E-state index in [0.29, 0.717) is 0 Å². The maximum Gasteiger partial charge on any atom is 0.0937 e. The molecule has 1 N–H and O–H groups in total. The van der Waals surface area contributed by atoms with Crippen LogP contribution in [0.4, 0.5) is 0 Å². The Morgan fingerprint density at radius 1 is 1.58 bits per heavy atom. The van der Waals surface area contributed by atoms with E-state index in [1.165, 1.54) is 0 Å². The zero-order chi connectivity index (χ0) is 9.19. The third kappa shape index (κ3) is 2.14. The van der Waals surface area contributed by atoms with E-state index in [-0.39, 0.29) is 5.60 Å². The summed E-state index contributed by atoms with van der Waals surface area (Å²) in [4.78, 5) is 2.21. The summed E-state index contributed by atoms with van der Waals surface area (Å²) in [5.41, 5.74) is -0.0436. The first-order valence-corrected chi connectivity index (χ1v) is 4.31. The number of rotatable bonds is 2. The zero-order valence-corrected chi connectivity index (χ0v) is 8.18. The predicted molar refractivity (Wildman–Crippen MR) is 49.8 cm³/mol. The van der Waals surface area contributed by atoms with Crippen molar-refractivity contribution in [3.8, 4) is 0 Å². The van der Waals surface area contributed by atoms with Crippen LogP contribution in [0.15, 0.2) is 12.4 Å². The van der Waals surface area contributed by atoms with Gasteiger partial charge in [0.1, 0.15) is 0 Å². The molecule has 0 radical (unpaired) electrons. The van der Waals surface area contributed by atoms with Gasteiger partial charge in [0.25, 0.3) is 0 Å². The van der Waals surface area contributed by atoms with Crippen molar-refractivity contribution in [3.63, 3.8) is 0 Å². The van der Waals surface area contributed by atoms with Gasteiger partial charge in [0.05, 0.1) is 18.0 Å². The molecular weight excluding hydrogens is 152 g/mol. The van der Waals surface area contributed by atoms with Crippen molar-refractivity contribution in [2.45, 2.75) is 19.4 Å². The molecule has 1 fully saturated rings. The summed E-state index contributed by atoms with van der Waals surface area (Å²) in [6.07, 6.45) is 0. The molecule has 1 aliphatic heterocycles. The largest absolute Gasteiger partial charge is 0.375 e. The van der Waals surface area contributed by atoms with E-state index in [0.717, 1.165) is 25.5 Å². The molecule has 0 bridgehead atoms. The van der Waals surface area contributed by atoms with Crippen LogP contribution in [-0.2, 0) is 4.74 Å². The van der Waals surface area contributed by atoms with Crippen molar-refractivity contribution in [2.24, 2.45) is 0 Å². The van der Waals surface area contributed by atoms with Crippen molar-refractivity contribution < 1.29 is 4.74 Å². The Kier molecular flexibility index (Phi) is 2.62. The van der Waals surface area contributed by atoms with Gasteiger partial charge >= 0.3 is 0 Å². The third-order valence-corrected chi connectivity index (χ3v) is 2.10. The van der Waals surface area contributed by atoms with Crippen LogP contribution in [0.25, 0.3) is 0 Å². The van der Waals surface area contributed by atoms with Crippen molar-refractivity contribution in [2.75, 3.05) is 26.7 Å². The van der Waals surface area contributed by atoms with E-state index in [2.05, 4.69) is 30.6 Å². The quantitative estimate of drug-likeness (QED) is 0.663. The van der Waals surface area contributed by atoms with Crippen molar-refractivity contribution >= 4 is 0 Å². The van der Waals surface area contributed by atoms with E-state index in [4.69, 9.17) is 4.74 Å². The highest BCUT2D eigenvalue weighted by Crippen LogP contribution is 2.17. The summed E-state index contributed by atoms with van der Waals surface area (Å²) in [5.74, 6) is 0.978. The first-order chi connectivity index (χ1) is 5.55. The second kappa shape index (κ2) is 3.35. The lowest BCUT2D eigenvalue weighted by Gasteiger charge is -2.39. The molecule has 0 spiro atoms. The van der Waals surface area contributed by atoms with Gasteiger partial charge in [0.2, 0.25) is 0 Å². The molecule has 0 unspecified atom stereocenters. The normalized spacial score (nSPS) is 22.1. The molecule has 0 saturated carbocycles. The fourth-order valence-corrected chi connectivity index (χ4v) is 1.40. The maximum atomic E-state index is 5.58. The molecule has 0 atom stereocenters. The fourth-order valence-electron chi connectivity index (χ4n) is 1.40. The van der Waals surface area contributed by atoms with Gasteiger partial charge < -0.3 is 15.0 Å². The van der Waals surface area contributed by atoms with Crippen LogP contribution < -0.4 is 5.32 Å². The molecule has 0 aromatic rings. The van der Waals surface area contributed by atoms with Gasteiger partial charge in [-0.25, -0.2) is 0 Å². The minimum absolute atomic E-state index is 0.0436. The molecule has 3 nitrogen and oxygen atoms in total. The number of hydrogen-bond donors (Lipinski definition) is 1. The van der Waals surface area contributed by atoms with Crippen LogP contribution in [-0.4, -0.2) is 37.2 Å². The van der Waals surface area contributed by atoms with Gasteiger partial charge in [-0.2, -0.15) is 0 Å². The van der Waals surface area contributed by atoms with Crippen LogP contribution in [0.1, 0.15) is 13.8 Å². The second-order valence-electron chi connectivity index (χ2n) is 3.73. The number of morpholine rings is 1. The van der Waals surface area contributed by atoms with Crippen LogP contribution in [0.3, 0.4) is 0 Å². The molecular formula is C9H18N2O. The second-order valence-corrected chi connectivity index (χ2v) is 3.73. The molecule has 1 heterocycles. The van der Waals surface area contributed by atoms with Crippen LogP contribution in [0.5, 0.6) is 0 Å². The number of nitrogens with zero attached hydrogens (tertiary/aromatic N) is 1. The summed E-state index contributed by atoms with van der Waals surface area (Å²) in [6.45, 7) is 10.7. The first-order valence-electron chi connectivity index (χ1n) is 4.31. The fraction of sp³-hybridized carbons (Fsp3) is 0.778. The molecule has 0 aromatic heterocycles. The zero-order valence-electron chi connectivity index (χ0n) is 8.18. The minimum atomic E-state index is -0.0436. The highest BCUT2D eigenvalue weighted by molar-refractivity contribution is 4.94. The average Bonchev–Trinajstić information content (AvgIpc) is 2.01. The Balaban J connectivity index is 2.52. The molecule has 70 valence electrons. The average molecular weight is 170 g/mol. The highest BCUT2D eigenvalue weighted by Gasteiger charge is 2.27. The highest BCUT2D eigenvalue weighted by atomic mass is 16.5. The number of nitrogens with one attached hydrogen (secondary N) is 1. The lowest BCUT2D eigenvalue weighted by Crippen LogP contribution is -2.49. The Morgan fingerprint density at radius 2 is 2.25 bits per heavy atom. The maximum absolute atomic E-state index is 5.58. The Labute approximate surface area is 74.4 Å². The van der Waals surface area contributed by atoms with Gasteiger partial charge in [-0.15, -0.1) is 0 Å². The van der Waals surface area contributed by atoms with Crippen LogP contribution in [0, 0.1) is 0 Å². The predicted octanol–water partition coefficient (Wildman–Crippen LogP) is 0.788.